The molecule has 0 aromatic heterocycles. The monoisotopic (exact) mass is 125 g/mol. The smallest absolute Gasteiger partial charge is 0.147 e. The van der Waals surface area contributed by atoms with Crippen molar-refractivity contribution in [1.29, 1.82) is 0 Å². The highest BCUT2D eigenvalue weighted by atomic mass is 15.4. The highest BCUT2D eigenvalue weighted by molar-refractivity contribution is 4.70. The molecule has 0 bridgehead atoms. The predicted octanol–water partition coefficient (Wildman–Crippen LogP) is 1.55. The summed E-state index contributed by atoms with van der Waals surface area (Å²) in [5, 5.41) is 0. The predicted molar refractivity (Wildman–Crippen MR) is 37.6 cm³/mol. The van der Waals surface area contributed by atoms with Crippen LogP contribution in [-0.4, -0.2) is 24.1 Å². The molecule has 0 amide bonds. The molecule has 1 nitrogen and oxygen atoms in total. The van der Waals surface area contributed by atoms with E-state index in [-0.39, 0.29) is 0 Å². The van der Waals surface area contributed by atoms with E-state index in [0.717, 1.165) is 0 Å². The Bertz CT molecular complexity index is 97.1. The van der Waals surface area contributed by atoms with Gasteiger partial charge in [-0.2, -0.15) is 0 Å². The first-order valence-corrected chi connectivity index (χ1v) is 4.12. The van der Waals surface area contributed by atoms with E-state index in [0.29, 0.717) is 0 Å². The molecule has 2 aliphatic rings. The van der Waals surface area contributed by atoms with Crippen molar-refractivity contribution in [3.63, 3.8) is 0 Å². The van der Waals surface area contributed by atoms with Gasteiger partial charge in [-0.15, -0.1) is 0 Å². The summed E-state index contributed by atoms with van der Waals surface area (Å²) in [5.41, 5.74) is 0. The second-order valence-electron chi connectivity index (χ2n) is 3.42. The van der Waals surface area contributed by atoms with Gasteiger partial charge in [0.2, 0.25) is 0 Å². The van der Waals surface area contributed by atoms with E-state index in [4.69, 9.17) is 0 Å². The molecule has 2 heterocycles. The molecular formula is C8H15N+. The molecule has 1 spiro atoms. The SMILES string of the molecule is [CH]1CC[N+]12CCCCC2. The number of quaternary nitrogens is 1. The summed E-state index contributed by atoms with van der Waals surface area (Å²) in [5.74, 6) is 0. The molecule has 0 unspecified atom stereocenters. The number of hydrogen-bond acceptors (Lipinski definition) is 0. The molecule has 0 saturated carbocycles. The van der Waals surface area contributed by atoms with Gasteiger partial charge in [-0.25, -0.2) is 0 Å². The van der Waals surface area contributed by atoms with Crippen molar-refractivity contribution in [2.75, 3.05) is 19.6 Å². The second kappa shape index (κ2) is 1.98. The lowest BCUT2D eigenvalue weighted by Gasteiger charge is -2.47. The largest absolute Gasteiger partial charge is 0.316 e. The van der Waals surface area contributed by atoms with Crippen LogP contribution in [0.25, 0.3) is 0 Å². The van der Waals surface area contributed by atoms with Crippen LogP contribution < -0.4 is 0 Å². The van der Waals surface area contributed by atoms with Crippen LogP contribution in [0.3, 0.4) is 0 Å². The van der Waals surface area contributed by atoms with Crippen LogP contribution in [0.5, 0.6) is 0 Å². The summed E-state index contributed by atoms with van der Waals surface area (Å²) in [4.78, 5) is 0. The summed E-state index contributed by atoms with van der Waals surface area (Å²) in [6, 6.07) is 0. The number of rotatable bonds is 0. The second-order valence-corrected chi connectivity index (χ2v) is 3.42. The van der Waals surface area contributed by atoms with E-state index in [1.54, 1.807) is 0 Å². The van der Waals surface area contributed by atoms with Gasteiger partial charge in [0.1, 0.15) is 6.54 Å². The first-order chi connectivity index (χ1) is 4.41. The maximum Gasteiger partial charge on any atom is 0.147 e. The third-order valence-corrected chi connectivity index (χ3v) is 2.80. The molecule has 0 N–H and O–H groups in total. The highest BCUT2D eigenvalue weighted by Gasteiger charge is 2.37. The average Bonchev–Trinajstić information content (AvgIpc) is 1.87. The molecule has 0 aromatic rings. The first kappa shape index (κ1) is 5.72. The highest BCUT2D eigenvalue weighted by Crippen LogP contribution is 2.29. The fraction of sp³-hybridized carbons (Fsp3) is 0.875. The van der Waals surface area contributed by atoms with Crippen LogP contribution in [-0.2, 0) is 0 Å². The molecule has 51 valence electrons. The Balaban J connectivity index is 1.93. The van der Waals surface area contributed by atoms with Crippen molar-refractivity contribution in [1.82, 2.24) is 0 Å². The maximum atomic E-state index is 2.50. The van der Waals surface area contributed by atoms with Crippen molar-refractivity contribution in [2.45, 2.75) is 25.7 Å². The molecule has 2 rings (SSSR count). The minimum Gasteiger partial charge on any atom is -0.316 e. The van der Waals surface area contributed by atoms with Crippen LogP contribution in [0.15, 0.2) is 0 Å². The van der Waals surface area contributed by atoms with Gasteiger partial charge in [0.15, 0.2) is 0 Å². The maximum absolute atomic E-state index is 2.50. The molecule has 0 aliphatic carbocycles. The quantitative estimate of drug-likeness (QED) is 0.431. The van der Waals surface area contributed by atoms with E-state index in [1.165, 1.54) is 49.8 Å². The van der Waals surface area contributed by atoms with Crippen molar-refractivity contribution < 1.29 is 4.48 Å². The van der Waals surface area contributed by atoms with Crippen LogP contribution >= 0.6 is 0 Å². The van der Waals surface area contributed by atoms with Gasteiger partial charge < -0.3 is 4.48 Å². The van der Waals surface area contributed by atoms with E-state index >= 15 is 0 Å². The molecule has 2 saturated heterocycles. The van der Waals surface area contributed by atoms with Crippen LogP contribution in [0.2, 0.25) is 0 Å². The Morgan fingerprint density at radius 2 is 1.56 bits per heavy atom. The Labute approximate surface area is 57.3 Å². The fourth-order valence-electron chi connectivity index (χ4n) is 2.04. The van der Waals surface area contributed by atoms with E-state index < -0.39 is 0 Å². The van der Waals surface area contributed by atoms with Gasteiger partial charge in [0.25, 0.3) is 0 Å². The van der Waals surface area contributed by atoms with Gasteiger partial charge in [0.05, 0.1) is 26.1 Å². The van der Waals surface area contributed by atoms with E-state index in [2.05, 4.69) is 6.54 Å². The number of hydrogen-bond donors (Lipinski definition) is 0. The Hall–Kier alpha value is -0.0400. The van der Waals surface area contributed by atoms with Crippen molar-refractivity contribution in [3.8, 4) is 0 Å². The summed E-state index contributed by atoms with van der Waals surface area (Å²) < 4.78 is 1.38. The average molecular weight is 125 g/mol. The Morgan fingerprint density at radius 3 is 1.89 bits per heavy atom. The van der Waals surface area contributed by atoms with Crippen molar-refractivity contribution >= 4 is 0 Å². The summed E-state index contributed by atoms with van der Waals surface area (Å²) in [6.07, 6.45) is 5.79. The lowest BCUT2D eigenvalue weighted by atomic mass is 10.0. The molecule has 9 heavy (non-hydrogen) atoms. The molecule has 1 heteroatoms. The van der Waals surface area contributed by atoms with Gasteiger partial charge in [-0.1, -0.05) is 0 Å². The summed E-state index contributed by atoms with van der Waals surface area (Å²) >= 11 is 0. The molecule has 0 atom stereocenters. The normalized spacial score (nSPS) is 32.0. The lowest BCUT2D eigenvalue weighted by Crippen LogP contribution is -2.56. The van der Waals surface area contributed by atoms with Crippen LogP contribution in [0, 0.1) is 6.54 Å². The topological polar surface area (TPSA) is 0 Å². The van der Waals surface area contributed by atoms with Gasteiger partial charge >= 0.3 is 0 Å². The first-order valence-electron chi connectivity index (χ1n) is 4.12. The zero-order valence-electron chi connectivity index (χ0n) is 5.97. The lowest BCUT2D eigenvalue weighted by molar-refractivity contribution is -0.936. The minimum absolute atomic E-state index is 1.38. The molecular weight excluding hydrogens is 110 g/mol. The standard InChI is InChI=1S/C8H15N/c1-2-5-9(6-3-1)7-4-8-9/h7H,1-6,8H2/q+1. The van der Waals surface area contributed by atoms with Crippen molar-refractivity contribution in [2.24, 2.45) is 0 Å². The van der Waals surface area contributed by atoms with Crippen molar-refractivity contribution in [3.05, 3.63) is 6.54 Å². The van der Waals surface area contributed by atoms with Gasteiger partial charge in [-0.05, 0) is 19.3 Å². The zero-order valence-corrected chi connectivity index (χ0v) is 5.97. The summed E-state index contributed by atoms with van der Waals surface area (Å²) in [7, 11) is 0. The van der Waals surface area contributed by atoms with Gasteiger partial charge in [-0.3, -0.25) is 0 Å². The fourth-order valence-corrected chi connectivity index (χ4v) is 2.04. The van der Waals surface area contributed by atoms with Gasteiger partial charge in [0, 0.05) is 0 Å². The molecule has 2 fully saturated rings. The third kappa shape index (κ3) is 0.877. The number of nitrogens with zero attached hydrogens (tertiary/aromatic N) is 1. The van der Waals surface area contributed by atoms with Crippen LogP contribution in [0.4, 0.5) is 0 Å². The molecule has 2 aliphatic heterocycles. The molecule has 0 aromatic carbocycles. The summed E-state index contributed by atoms with van der Waals surface area (Å²) in [6.45, 7) is 6.83. The zero-order chi connectivity index (χ0) is 6.16. The minimum atomic E-state index is 1.38. The molecule has 1 radical (unpaired) electrons. The van der Waals surface area contributed by atoms with E-state index in [9.17, 15) is 0 Å². The Morgan fingerprint density at radius 1 is 0.889 bits per heavy atom. The Kier molecular flexibility index (Phi) is 1.26. The third-order valence-electron chi connectivity index (χ3n) is 2.80. The number of piperidine rings is 1. The van der Waals surface area contributed by atoms with Crippen LogP contribution in [0.1, 0.15) is 25.7 Å². The van der Waals surface area contributed by atoms with E-state index in [1.807, 2.05) is 0 Å².